The highest BCUT2D eigenvalue weighted by Crippen LogP contribution is 2.18. The van der Waals surface area contributed by atoms with Crippen LogP contribution in [-0.4, -0.2) is 24.6 Å². The molecule has 0 aliphatic rings. The van der Waals surface area contributed by atoms with Crippen molar-refractivity contribution in [2.45, 2.75) is 47.5 Å². The Balaban J connectivity index is 3.63. The van der Waals surface area contributed by atoms with Crippen LogP contribution in [0.1, 0.15) is 47.5 Å². The molecule has 16 heavy (non-hydrogen) atoms. The first-order valence-corrected chi connectivity index (χ1v) is 8.01. The van der Waals surface area contributed by atoms with E-state index in [-0.39, 0.29) is 0 Å². The van der Waals surface area contributed by atoms with Crippen molar-refractivity contribution in [2.75, 3.05) is 24.6 Å². The smallest absolute Gasteiger partial charge is 0.00180 e. The fraction of sp³-hybridized carbons (Fsp3) is 1.00. The van der Waals surface area contributed by atoms with Crippen LogP contribution in [0.15, 0.2) is 0 Å². The zero-order valence-corrected chi connectivity index (χ0v) is 12.7. The molecule has 0 aliphatic carbocycles. The number of hydrogen-bond donors (Lipinski definition) is 1. The van der Waals surface area contributed by atoms with Gasteiger partial charge in [0.15, 0.2) is 0 Å². The van der Waals surface area contributed by atoms with E-state index in [1.165, 1.54) is 30.9 Å². The van der Waals surface area contributed by atoms with E-state index in [9.17, 15) is 0 Å². The normalized spacial score (nSPS) is 13.7. The topological polar surface area (TPSA) is 12.0 Å². The van der Waals surface area contributed by atoms with E-state index < -0.39 is 0 Å². The highest BCUT2D eigenvalue weighted by molar-refractivity contribution is 7.99. The maximum absolute atomic E-state index is 3.60. The zero-order valence-electron chi connectivity index (χ0n) is 11.9. The summed E-state index contributed by atoms with van der Waals surface area (Å²) in [6.45, 7) is 13.9. The first-order chi connectivity index (χ1) is 7.57. The van der Waals surface area contributed by atoms with Gasteiger partial charge in [-0.05, 0) is 55.2 Å². The fourth-order valence-electron chi connectivity index (χ4n) is 1.82. The van der Waals surface area contributed by atoms with Crippen molar-refractivity contribution in [1.29, 1.82) is 0 Å². The third-order valence-corrected chi connectivity index (χ3v) is 3.96. The van der Waals surface area contributed by atoms with Gasteiger partial charge in [0.25, 0.3) is 0 Å². The molecule has 1 atom stereocenters. The molecule has 0 aromatic carbocycles. The zero-order chi connectivity index (χ0) is 12.4. The first kappa shape index (κ1) is 16.3. The largest absolute Gasteiger partial charge is 0.316 e. The number of nitrogens with one attached hydrogen (secondary N) is 1. The summed E-state index contributed by atoms with van der Waals surface area (Å²) in [5, 5.41) is 3.60. The van der Waals surface area contributed by atoms with E-state index in [0.717, 1.165) is 24.3 Å². The summed E-state index contributed by atoms with van der Waals surface area (Å²) < 4.78 is 0. The maximum Gasteiger partial charge on any atom is -0.00180 e. The van der Waals surface area contributed by atoms with Crippen LogP contribution in [0.2, 0.25) is 0 Å². The standard InChI is InChI=1S/C14H31NS/c1-6-16-9-7-8-14(13(4)5)11-15-10-12(2)3/h12-15H,6-11H2,1-5H3. The Morgan fingerprint density at radius 3 is 2.25 bits per heavy atom. The van der Waals surface area contributed by atoms with Crippen molar-refractivity contribution >= 4 is 11.8 Å². The summed E-state index contributed by atoms with van der Waals surface area (Å²) in [7, 11) is 0. The third-order valence-electron chi connectivity index (χ3n) is 2.97. The van der Waals surface area contributed by atoms with Crippen molar-refractivity contribution in [3.8, 4) is 0 Å². The molecule has 0 heterocycles. The molecular formula is C14H31NS. The van der Waals surface area contributed by atoms with E-state index in [1.54, 1.807) is 0 Å². The van der Waals surface area contributed by atoms with Crippen LogP contribution in [0.4, 0.5) is 0 Å². The van der Waals surface area contributed by atoms with Gasteiger partial charge >= 0.3 is 0 Å². The summed E-state index contributed by atoms with van der Waals surface area (Å²) >= 11 is 2.07. The third kappa shape index (κ3) is 9.53. The van der Waals surface area contributed by atoms with Gasteiger partial charge in [-0.1, -0.05) is 34.6 Å². The summed E-state index contributed by atoms with van der Waals surface area (Å²) in [6, 6.07) is 0. The minimum absolute atomic E-state index is 0.767. The summed E-state index contributed by atoms with van der Waals surface area (Å²) in [4.78, 5) is 0. The highest BCUT2D eigenvalue weighted by Gasteiger charge is 2.12. The Morgan fingerprint density at radius 2 is 1.75 bits per heavy atom. The molecule has 1 unspecified atom stereocenters. The molecule has 0 amide bonds. The molecule has 98 valence electrons. The predicted octanol–water partition coefficient (Wildman–Crippen LogP) is 4.04. The molecule has 0 aromatic rings. The van der Waals surface area contributed by atoms with Gasteiger partial charge in [-0.25, -0.2) is 0 Å². The Bertz CT molecular complexity index is 146. The van der Waals surface area contributed by atoms with Crippen LogP contribution < -0.4 is 5.32 Å². The van der Waals surface area contributed by atoms with Gasteiger partial charge in [0.1, 0.15) is 0 Å². The molecule has 0 saturated heterocycles. The first-order valence-electron chi connectivity index (χ1n) is 6.86. The van der Waals surface area contributed by atoms with Crippen LogP contribution in [0, 0.1) is 17.8 Å². The van der Waals surface area contributed by atoms with Crippen LogP contribution in [0.5, 0.6) is 0 Å². The second-order valence-corrected chi connectivity index (χ2v) is 6.79. The molecule has 0 rings (SSSR count). The fourth-order valence-corrected chi connectivity index (χ4v) is 2.48. The van der Waals surface area contributed by atoms with Gasteiger partial charge in [-0.2, -0.15) is 11.8 Å². The molecule has 1 N–H and O–H groups in total. The molecule has 0 aliphatic heterocycles. The molecule has 2 heteroatoms. The van der Waals surface area contributed by atoms with Crippen LogP contribution in [0.25, 0.3) is 0 Å². The van der Waals surface area contributed by atoms with E-state index in [1.807, 2.05) is 0 Å². The average molecular weight is 245 g/mol. The van der Waals surface area contributed by atoms with E-state index in [0.29, 0.717) is 0 Å². The molecule has 0 aromatic heterocycles. The SMILES string of the molecule is CCSCCCC(CNCC(C)C)C(C)C. The molecule has 0 bridgehead atoms. The summed E-state index contributed by atoms with van der Waals surface area (Å²) in [5.41, 5.74) is 0. The number of rotatable bonds is 10. The van der Waals surface area contributed by atoms with Gasteiger partial charge in [-0.3, -0.25) is 0 Å². The van der Waals surface area contributed by atoms with Crippen molar-refractivity contribution in [3.63, 3.8) is 0 Å². The monoisotopic (exact) mass is 245 g/mol. The Morgan fingerprint density at radius 1 is 1.06 bits per heavy atom. The van der Waals surface area contributed by atoms with Crippen LogP contribution in [-0.2, 0) is 0 Å². The van der Waals surface area contributed by atoms with Gasteiger partial charge in [0.05, 0.1) is 0 Å². The molecule has 0 radical (unpaired) electrons. The van der Waals surface area contributed by atoms with Gasteiger partial charge in [0.2, 0.25) is 0 Å². The quantitative estimate of drug-likeness (QED) is 0.583. The summed E-state index contributed by atoms with van der Waals surface area (Å²) in [6.07, 6.45) is 2.76. The second kappa shape index (κ2) is 10.5. The Labute approximate surface area is 107 Å². The highest BCUT2D eigenvalue weighted by atomic mass is 32.2. The van der Waals surface area contributed by atoms with Crippen molar-refractivity contribution in [2.24, 2.45) is 17.8 Å². The second-order valence-electron chi connectivity index (χ2n) is 5.40. The lowest BCUT2D eigenvalue weighted by atomic mass is 9.91. The van der Waals surface area contributed by atoms with Gasteiger partial charge in [-0.15, -0.1) is 0 Å². The predicted molar refractivity (Wildman–Crippen MR) is 78.3 cm³/mol. The lowest BCUT2D eigenvalue weighted by Crippen LogP contribution is -2.29. The van der Waals surface area contributed by atoms with Crippen molar-refractivity contribution < 1.29 is 0 Å². The molecule has 0 saturated carbocycles. The molecule has 1 nitrogen and oxygen atoms in total. The van der Waals surface area contributed by atoms with Crippen LogP contribution >= 0.6 is 11.8 Å². The molecular weight excluding hydrogens is 214 g/mol. The molecule has 0 fully saturated rings. The Hall–Kier alpha value is 0.310. The minimum atomic E-state index is 0.767. The van der Waals surface area contributed by atoms with Crippen molar-refractivity contribution in [3.05, 3.63) is 0 Å². The maximum atomic E-state index is 3.60. The van der Waals surface area contributed by atoms with E-state index >= 15 is 0 Å². The van der Waals surface area contributed by atoms with E-state index in [2.05, 4.69) is 51.7 Å². The lowest BCUT2D eigenvalue weighted by Gasteiger charge is -2.22. The van der Waals surface area contributed by atoms with Crippen LogP contribution in [0.3, 0.4) is 0 Å². The minimum Gasteiger partial charge on any atom is -0.316 e. The number of hydrogen-bond acceptors (Lipinski definition) is 2. The van der Waals surface area contributed by atoms with Gasteiger partial charge < -0.3 is 5.32 Å². The summed E-state index contributed by atoms with van der Waals surface area (Å²) in [5.74, 6) is 5.04. The lowest BCUT2D eigenvalue weighted by molar-refractivity contribution is 0.332. The van der Waals surface area contributed by atoms with Gasteiger partial charge in [0, 0.05) is 0 Å². The Kier molecular flexibility index (Phi) is 10.7. The number of thioether (sulfide) groups is 1. The van der Waals surface area contributed by atoms with Crippen molar-refractivity contribution in [1.82, 2.24) is 5.32 Å². The molecule has 0 spiro atoms. The van der Waals surface area contributed by atoms with E-state index in [4.69, 9.17) is 0 Å². The average Bonchev–Trinajstić information content (AvgIpc) is 2.20.